The van der Waals surface area contributed by atoms with Crippen molar-refractivity contribution >= 4 is 36.5 Å². The first kappa shape index (κ1) is 40.1. The molecular formula is C32H31BF3N3O12S. The fourth-order valence-electron chi connectivity index (χ4n) is 4.98. The largest absolute Gasteiger partial charge is 0.493 e. The Kier molecular flexibility index (Phi) is 12.3. The number of thioether (sulfide) groups is 1. The van der Waals surface area contributed by atoms with E-state index in [1.54, 1.807) is 6.07 Å². The summed E-state index contributed by atoms with van der Waals surface area (Å²) >= 11 is 0.253. The highest BCUT2D eigenvalue weighted by molar-refractivity contribution is 8.01. The van der Waals surface area contributed by atoms with Crippen molar-refractivity contribution in [2.45, 2.75) is 47.5 Å². The van der Waals surface area contributed by atoms with Crippen LogP contribution in [0.3, 0.4) is 0 Å². The number of aromatic amines is 2. The lowest BCUT2D eigenvalue weighted by atomic mass is 9.89. The molecule has 0 saturated carbocycles. The van der Waals surface area contributed by atoms with Gasteiger partial charge < -0.3 is 65.4 Å². The van der Waals surface area contributed by atoms with Crippen molar-refractivity contribution in [3.8, 4) is 28.6 Å². The van der Waals surface area contributed by atoms with Gasteiger partial charge in [0.2, 0.25) is 5.82 Å². The van der Waals surface area contributed by atoms with Crippen LogP contribution in [-0.2, 0) is 4.79 Å². The van der Waals surface area contributed by atoms with Crippen LogP contribution in [0.1, 0.15) is 29.9 Å². The van der Waals surface area contributed by atoms with E-state index in [9.17, 15) is 43.5 Å². The lowest BCUT2D eigenvalue weighted by Crippen LogP contribution is -2.38. The number of fused-ring (bicyclic) bond motifs is 2. The average molecular weight is 749 g/mol. The van der Waals surface area contributed by atoms with Crippen LogP contribution < -0.4 is 9.47 Å². The van der Waals surface area contributed by atoms with Crippen LogP contribution in [0.25, 0.3) is 22.3 Å². The van der Waals surface area contributed by atoms with Gasteiger partial charge in [0, 0.05) is 29.5 Å². The van der Waals surface area contributed by atoms with Crippen LogP contribution in [0.15, 0.2) is 66.0 Å². The van der Waals surface area contributed by atoms with Crippen LogP contribution in [0.2, 0.25) is 0 Å². The molecule has 276 valence electrons. The standard InChI is InChI=1S/C18H11BF3N3O3S.C11H14O4.C3H6O5/c19-18(26,27)29-16-9-3-4-23-14(9)12(21)13(22)15(16)28-8-1-2-11(20)10(7-8)17-24-5-6-25-17;1-7-3-2-4-8-9(11(12,13)14)5-6-15-10(7)8;4-2(5)1-3(6,7)8/h1-7,23,26-27H,(H,24,25);2-4,9,12-14H,5-6H2,1H3;6-8H,1H2,(H,4,5). The minimum absolute atomic E-state index is 0.0358. The van der Waals surface area contributed by atoms with Gasteiger partial charge in [-0.3, -0.25) is 4.79 Å². The topological polar surface area (TPSA) is 262 Å². The maximum atomic E-state index is 14.8. The summed E-state index contributed by atoms with van der Waals surface area (Å²) in [4.78, 5) is 18.6. The SMILES string of the molecule is Cc1cccc2c1OCCC2C(O)(O)O.O=C(O)CC(O)(O)O.[B]C(O)(O)Sc1c(Oc2ccc(F)c(-c3ncc[nH]3)c2)c(F)c(F)c2[nH]ccc12. The van der Waals surface area contributed by atoms with Crippen LogP contribution in [-0.4, -0.2) is 98.3 Å². The second-order valence-electron chi connectivity index (χ2n) is 11.2. The van der Waals surface area contributed by atoms with E-state index in [-0.39, 0.29) is 44.7 Å². The molecule has 2 radical (unpaired) electrons. The van der Waals surface area contributed by atoms with E-state index in [2.05, 4.69) is 15.0 Å². The number of halogens is 3. The summed E-state index contributed by atoms with van der Waals surface area (Å²) in [5, 5.41) is 75.7. The summed E-state index contributed by atoms with van der Waals surface area (Å²) in [6.07, 6.45) is 3.57. The molecule has 1 aliphatic rings. The van der Waals surface area contributed by atoms with Gasteiger partial charge in [-0.2, -0.15) is 4.39 Å². The summed E-state index contributed by atoms with van der Waals surface area (Å²) in [6.45, 7) is 2.26. The minimum atomic E-state index is -3.08. The predicted molar refractivity (Wildman–Crippen MR) is 176 cm³/mol. The maximum Gasteiger partial charge on any atom is 0.311 e. The molecule has 52 heavy (non-hydrogen) atoms. The molecule has 1 unspecified atom stereocenters. The Morgan fingerprint density at radius 1 is 1.02 bits per heavy atom. The lowest BCUT2D eigenvalue weighted by molar-refractivity contribution is -0.327. The van der Waals surface area contributed by atoms with Crippen molar-refractivity contribution in [3.05, 3.63) is 89.6 Å². The molecule has 0 bridgehead atoms. The molecule has 0 aliphatic carbocycles. The molecule has 3 aromatic carbocycles. The Labute approximate surface area is 297 Å². The first-order valence-electron chi connectivity index (χ1n) is 14.8. The van der Waals surface area contributed by atoms with Gasteiger partial charge in [0.1, 0.15) is 29.6 Å². The number of imidazole rings is 1. The van der Waals surface area contributed by atoms with Crippen molar-refractivity contribution in [2.75, 3.05) is 6.61 Å². The quantitative estimate of drug-likeness (QED) is 0.0618. The third-order valence-corrected chi connectivity index (χ3v) is 8.01. The number of carboxylic acid groups (broad SMARTS) is 1. The molecule has 0 saturated heterocycles. The number of aliphatic hydroxyl groups is 8. The van der Waals surface area contributed by atoms with Crippen molar-refractivity contribution in [2.24, 2.45) is 0 Å². The van der Waals surface area contributed by atoms with Crippen molar-refractivity contribution in [1.29, 1.82) is 0 Å². The number of aryl methyl sites for hydroxylation is 1. The first-order valence-corrected chi connectivity index (χ1v) is 15.6. The number of benzene rings is 3. The highest BCUT2D eigenvalue weighted by Crippen LogP contribution is 2.45. The van der Waals surface area contributed by atoms with Gasteiger partial charge in [0.15, 0.2) is 24.4 Å². The zero-order valence-electron chi connectivity index (χ0n) is 26.8. The van der Waals surface area contributed by atoms with Crippen molar-refractivity contribution in [1.82, 2.24) is 15.0 Å². The third kappa shape index (κ3) is 10.2. The van der Waals surface area contributed by atoms with Gasteiger partial charge in [-0.25, -0.2) is 13.8 Å². The van der Waals surface area contributed by atoms with Gasteiger partial charge in [0.25, 0.3) is 11.9 Å². The zero-order chi connectivity index (χ0) is 38.6. The Bertz CT molecular complexity index is 2010. The average Bonchev–Trinajstić information content (AvgIpc) is 3.74. The molecule has 6 rings (SSSR count). The van der Waals surface area contributed by atoms with Crippen LogP contribution in [0.5, 0.6) is 17.2 Å². The zero-order valence-corrected chi connectivity index (χ0v) is 27.6. The highest BCUT2D eigenvalue weighted by atomic mass is 32.2. The number of carbonyl (C=O) groups is 1. The van der Waals surface area contributed by atoms with E-state index in [4.69, 9.17) is 37.7 Å². The Morgan fingerprint density at radius 3 is 2.31 bits per heavy atom. The second kappa shape index (κ2) is 15.9. The molecule has 2 aromatic heterocycles. The summed E-state index contributed by atoms with van der Waals surface area (Å²) in [5.41, 5.74) is 1.43. The number of rotatable bonds is 8. The van der Waals surface area contributed by atoms with E-state index < -0.39 is 58.5 Å². The number of aliphatic carboxylic acids is 1. The monoisotopic (exact) mass is 749 g/mol. The number of aromatic nitrogens is 3. The van der Waals surface area contributed by atoms with Gasteiger partial charge in [0.05, 0.1) is 28.5 Å². The molecule has 3 heterocycles. The van der Waals surface area contributed by atoms with E-state index in [1.807, 2.05) is 19.1 Å². The van der Waals surface area contributed by atoms with Crippen LogP contribution in [0.4, 0.5) is 13.2 Å². The summed E-state index contributed by atoms with van der Waals surface area (Å²) in [5.74, 6) is -11.0. The van der Waals surface area contributed by atoms with Crippen LogP contribution >= 0.6 is 11.8 Å². The number of nitrogens with one attached hydrogen (secondary N) is 2. The van der Waals surface area contributed by atoms with Gasteiger partial charge in [-0.1, -0.05) is 30.0 Å². The number of hydrogen-bond donors (Lipinski definition) is 11. The number of para-hydroxylation sites is 1. The van der Waals surface area contributed by atoms with Crippen molar-refractivity contribution < 1.29 is 73.4 Å². The summed E-state index contributed by atoms with van der Waals surface area (Å²) in [6, 6.07) is 10.4. The lowest BCUT2D eigenvalue weighted by Gasteiger charge is -2.32. The van der Waals surface area contributed by atoms with Gasteiger partial charge in [-0.05, 0) is 43.2 Å². The highest BCUT2D eigenvalue weighted by Gasteiger charge is 2.38. The summed E-state index contributed by atoms with van der Waals surface area (Å²) < 4.78 is 54.3. The van der Waals surface area contributed by atoms with E-state index in [1.165, 1.54) is 36.8 Å². The number of ether oxygens (including phenoxy) is 2. The molecule has 1 aliphatic heterocycles. The molecule has 5 aromatic rings. The van der Waals surface area contributed by atoms with E-state index in [0.717, 1.165) is 11.6 Å². The Balaban J connectivity index is 0.000000218. The molecule has 0 spiro atoms. The first-order chi connectivity index (χ1) is 24.2. The normalized spacial score (nSPS) is 14.3. The Hall–Kier alpha value is -4.64. The van der Waals surface area contributed by atoms with Crippen LogP contribution in [0, 0.1) is 24.4 Å². The molecule has 0 fully saturated rings. The predicted octanol–water partition coefficient (Wildman–Crippen LogP) is 2.21. The fourth-order valence-corrected chi connectivity index (χ4v) is 5.78. The van der Waals surface area contributed by atoms with Gasteiger partial charge in [-0.15, -0.1) is 0 Å². The number of nitrogens with zero attached hydrogens (tertiary/aromatic N) is 1. The minimum Gasteiger partial charge on any atom is -0.493 e. The number of carboxylic acids is 1. The van der Waals surface area contributed by atoms with Gasteiger partial charge >= 0.3 is 5.97 Å². The fraction of sp³-hybridized carbons (Fsp3) is 0.250. The summed E-state index contributed by atoms with van der Waals surface area (Å²) in [7, 11) is 5.22. The maximum absolute atomic E-state index is 14.8. The smallest absolute Gasteiger partial charge is 0.311 e. The van der Waals surface area contributed by atoms with E-state index in [0.29, 0.717) is 24.3 Å². The molecule has 15 nitrogen and oxygen atoms in total. The number of H-pyrrole nitrogens is 2. The molecule has 1 atom stereocenters. The molecule has 0 amide bonds. The second-order valence-corrected chi connectivity index (χ2v) is 12.4. The number of hydrogen-bond acceptors (Lipinski definition) is 13. The molecule has 20 heteroatoms. The third-order valence-electron chi connectivity index (χ3n) is 7.10. The molecule has 11 N–H and O–H groups in total. The molecular weight excluding hydrogens is 718 g/mol. The van der Waals surface area contributed by atoms with E-state index >= 15 is 0 Å². The Morgan fingerprint density at radius 2 is 1.73 bits per heavy atom. The van der Waals surface area contributed by atoms with Crippen molar-refractivity contribution in [3.63, 3.8) is 0 Å².